The predicted molar refractivity (Wildman–Crippen MR) is 106 cm³/mol. The highest BCUT2D eigenvalue weighted by Gasteiger charge is 2.23. The monoisotopic (exact) mass is 397 g/mol. The van der Waals surface area contributed by atoms with Crippen LogP contribution in [0.4, 0.5) is 5.69 Å². The standard InChI is InChI=1S/C20H16ClN3O2S/c21-19-6-8-20(9-7-19)24(14-18-5-2-10-23-13-18)27(25,26)15-17-4-1-3-16(11-17)12-22/h1-11,13H,14-15H2. The van der Waals surface area contributed by atoms with Gasteiger partial charge in [-0.05, 0) is 53.6 Å². The Bertz CT molecular complexity index is 1060. The van der Waals surface area contributed by atoms with Gasteiger partial charge in [0, 0.05) is 17.4 Å². The van der Waals surface area contributed by atoms with Crippen molar-refractivity contribution in [3.8, 4) is 6.07 Å². The quantitative estimate of drug-likeness (QED) is 0.626. The molecule has 5 nitrogen and oxygen atoms in total. The third-order valence-electron chi connectivity index (χ3n) is 3.90. The number of halogens is 1. The summed E-state index contributed by atoms with van der Waals surface area (Å²) in [7, 11) is -3.71. The van der Waals surface area contributed by atoms with Gasteiger partial charge in [-0.1, -0.05) is 29.8 Å². The van der Waals surface area contributed by atoms with Crippen LogP contribution in [-0.4, -0.2) is 13.4 Å². The number of benzene rings is 2. The van der Waals surface area contributed by atoms with Gasteiger partial charge in [-0.3, -0.25) is 9.29 Å². The van der Waals surface area contributed by atoms with E-state index in [0.717, 1.165) is 5.56 Å². The minimum absolute atomic E-state index is 0.149. The predicted octanol–water partition coefficient (Wildman–Crippen LogP) is 4.14. The van der Waals surface area contributed by atoms with Gasteiger partial charge in [-0.15, -0.1) is 0 Å². The van der Waals surface area contributed by atoms with Crippen molar-refractivity contribution >= 4 is 27.3 Å². The zero-order valence-corrected chi connectivity index (χ0v) is 15.9. The smallest absolute Gasteiger partial charge is 0.239 e. The molecular formula is C20H16ClN3O2S. The van der Waals surface area contributed by atoms with E-state index < -0.39 is 10.0 Å². The summed E-state index contributed by atoms with van der Waals surface area (Å²) in [5.41, 5.74) is 2.26. The Morgan fingerprint density at radius 2 is 1.78 bits per heavy atom. The molecule has 1 aromatic heterocycles. The molecule has 0 aliphatic heterocycles. The molecule has 136 valence electrons. The molecule has 1 heterocycles. The maximum atomic E-state index is 13.2. The number of rotatable bonds is 6. The molecule has 0 spiro atoms. The average Bonchev–Trinajstić information content (AvgIpc) is 2.67. The van der Waals surface area contributed by atoms with Crippen molar-refractivity contribution in [3.05, 3.63) is 94.8 Å². The molecule has 0 aliphatic rings. The lowest BCUT2D eigenvalue weighted by molar-refractivity contribution is 0.589. The van der Waals surface area contributed by atoms with Crippen molar-refractivity contribution in [2.45, 2.75) is 12.3 Å². The zero-order valence-electron chi connectivity index (χ0n) is 14.3. The lowest BCUT2D eigenvalue weighted by Crippen LogP contribution is -2.31. The summed E-state index contributed by atoms with van der Waals surface area (Å²) in [4.78, 5) is 4.06. The van der Waals surface area contributed by atoms with Crippen LogP contribution in [0.25, 0.3) is 0 Å². The molecule has 0 saturated carbocycles. The lowest BCUT2D eigenvalue weighted by atomic mass is 10.2. The first-order chi connectivity index (χ1) is 13.0. The number of hydrogen-bond donors (Lipinski definition) is 0. The topological polar surface area (TPSA) is 74.1 Å². The molecule has 2 aromatic carbocycles. The van der Waals surface area contributed by atoms with Gasteiger partial charge in [0.2, 0.25) is 10.0 Å². The minimum Gasteiger partial charge on any atom is -0.265 e. The van der Waals surface area contributed by atoms with Crippen LogP contribution in [0.3, 0.4) is 0 Å². The third kappa shape index (κ3) is 4.85. The van der Waals surface area contributed by atoms with E-state index >= 15 is 0 Å². The Morgan fingerprint density at radius 1 is 1.04 bits per heavy atom. The van der Waals surface area contributed by atoms with E-state index in [1.165, 1.54) is 4.31 Å². The third-order valence-corrected chi connectivity index (χ3v) is 5.87. The van der Waals surface area contributed by atoms with Crippen molar-refractivity contribution in [2.24, 2.45) is 0 Å². The molecule has 0 amide bonds. The van der Waals surface area contributed by atoms with Crippen LogP contribution in [0, 0.1) is 11.3 Å². The molecule has 0 unspecified atom stereocenters. The van der Waals surface area contributed by atoms with Gasteiger partial charge < -0.3 is 0 Å². The van der Waals surface area contributed by atoms with Gasteiger partial charge >= 0.3 is 0 Å². The first-order valence-corrected chi connectivity index (χ1v) is 10.1. The molecule has 0 fully saturated rings. The van der Waals surface area contributed by atoms with Crippen molar-refractivity contribution < 1.29 is 8.42 Å². The van der Waals surface area contributed by atoms with E-state index in [-0.39, 0.29) is 12.3 Å². The molecule has 0 saturated heterocycles. The molecule has 27 heavy (non-hydrogen) atoms. The van der Waals surface area contributed by atoms with Gasteiger partial charge in [0.15, 0.2) is 0 Å². The van der Waals surface area contributed by atoms with E-state index in [4.69, 9.17) is 16.9 Å². The SMILES string of the molecule is N#Cc1cccc(CS(=O)(=O)N(Cc2cccnc2)c2ccc(Cl)cc2)c1. The van der Waals surface area contributed by atoms with Crippen LogP contribution in [0.1, 0.15) is 16.7 Å². The number of pyridine rings is 1. The normalized spacial score (nSPS) is 11.0. The lowest BCUT2D eigenvalue weighted by Gasteiger charge is -2.24. The molecule has 3 rings (SSSR count). The van der Waals surface area contributed by atoms with Gasteiger partial charge in [0.05, 0.1) is 29.6 Å². The Balaban J connectivity index is 1.97. The first-order valence-electron chi connectivity index (χ1n) is 8.12. The number of anilines is 1. The maximum Gasteiger partial charge on any atom is 0.239 e. The molecule has 0 bridgehead atoms. The summed E-state index contributed by atoms with van der Waals surface area (Å²) in [6, 6.07) is 18.9. The molecule has 0 N–H and O–H groups in total. The van der Waals surface area contributed by atoms with Crippen LogP contribution < -0.4 is 4.31 Å². The van der Waals surface area contributed by atoms with Crippen molar-refractivity contribution in [1.82, 2.24) is 4.98 Å². The van der Waals surface area contributed by atoms with Crippen LogP contribution in [0.15, 0.2) is 73.1 Å². The van der Waals surface area contributed by atoms with Crippen LogP contribution in [0.2, 0.25) is 5.02 Å². The number of aromatic nitrogens is 1. The van der Waals surface area contributed by atoms with Crippen LogP contribution >= 0.6 is 11.6 Å². The molecule has 0 atom stereocenters. The zero-order chi connectivity index (χ0) is 19.3. The maximum absolute atomic E-state index is 13.2. The number of sulfonamides is 1. The van der Waals surface area contributed by atoms with E-state index in [0.29, 0.717) is 21.8 Å². The van der Waals surface area contributed by atoms with Crippen molar-refractivity contribution in [2.75, 3.05) is 4.31 Å². The highest BCUT2D eigenvalue weighted by molar-refractivity contribution is 7.92. The highest BCUT2D eigenvalue weighted by atomic mass is 35.5. The Hall–Kier alpha value is -2.88. The second-order valence-electron chi connectivity index (χ2n) is 5.91. The Morgan fingerprint density at radius 3 is 2.44 bits per heavy atom. The van der Waals surface area contributed by atoms with Crippen LogP contribution in [0.5, 0.6) is 0 Å². The van der Waals surface area contributed by atoms with E-state index in [2.05, 4.69) is 4.98 Å². The van der Waals surface area contributed by atoms with Gasteiger partial charge in [0.1, 0.15) is 0 Å². The van der Waals surface area contributed by atoms with E-state index in [9.17, 15) is 8.42 Å². The van der Waals surface area contributed by atoms with E-state index in [1.807, 2.05) is 12.1 Å². The first kappa shape index (κ1) is 18.9. The Labute approximate surface area is 163 Å². The van der Waals surface area contributed by atoms with E-state index in [1.54, 1.807) is 67.0 Å². The van der Waals surface area contributed by atoms with Crippen LogP contribution in [-0.2, 0) is 22.3 Å². The fourth-order valence-electron chi connectivity index (χ4n) is 2.63. The second kappa shape index (κ2) is 8.21. The summed E-state index contributed by atoms with van der Waals surface area (Å²) < 4.78 is 27.7. The largest absolute Gasteiger partial charge is 0.265 e. The number of nitrogens with zero attached hydrogens (tertiary/aromatic N) is 3. The molecule has 3 aromatic rings. The molecular weight excluding hydrogens is 382 g/mol. The number of hydrogen-bond acceptors (Lipinski definition) is 4. The fraction of sp³-hybridized carbons (Fsp3) is 0.100. The number of nitriles is 1. The van der Waals surface area contributed by atoms with Gasteiger partial charge in [-0.25, -0.2) is 8.42 Å². The minimum atomic E-state index is -3.71. The van der Waals surface area contributed by atoms with Crippen molar-refractivity contribution in [1.29, 1.82) is 5.26 Å². The summed E-state index contributed by atoms with van der Waals surface area (Å²) in [6.07, 6.45) is 3.27. The molecule has 0 aliphatic carbocycles. The fourth-order valence-corrected chi connectivity index (χ4v) is 4.31. The summed E-state index contributed by atoms with van der Waals surface area (Å²) >= 11 is 5.95. The molecule has 0 radical (unpaired) electrons. The summed E-state index contributed by atoms with van der Waals surface area (Å²) in [6.45, 7) is 0.149. The van der Waals surface area contributed by atoms with Gasteiger partial charge in [0.25, 0.3) is 0 Å². The highest BCUT2D eigenvalue weighted by Crippen LogP contribution is 2.25. The Kier molecular flexibility index (Phi) is 5.75. The van der Waals surface area contributed by atoms with Gasteiger partial charge in [-0.2, -0.15) is 5.26 Å². The second-order valence-corrected chi connectivity index (χ2v) is 8.24. The summed E-state index contributed by atoms with van der Waals surface area (Å²) in [5.74, 6) is -0.217. The summed E-state index contributed by atoms with van der Waals surface area (Å²) in [5, 5.41) is 9.57. The van der Waals surface area contributed by atoms with Crippen molar-refractivity contribution in [3.63, 3.8) is 0 Å². The average molecular weight is 398 g/mol. The molecule has 7 heteroatoms.